The van der Waals surface area contributed by atoms with Gasteiger partial charge in [0.05, 0.1) is 6.10 Å². The van der Waals surface area contributed by atoms with Crippen molar-refractivity contribution in [2.45, 2.75) is 39.3 Å². The van der Waals surface area contributed by atoms with E-state index in [1.54, 1.807) is 19.1 Å². The monoisotopic (exact) mass is 225 g/mol. The van der Waals surface area contributed by atoms with Gasteiger partial charge < -0.3 is 10.4 Å². The molecule has 2 N–H and O–H groups in total. The zero-order valence-electron chi connectivity index (χ0n) is 10.1. The summed E-state index contributed by atoms with van der Waals surface area (Å²) in [5.74, 6) is -0.231. The number of benzene rings is 1. The van der Waals surface area contributed by atoms with Crippen LogP contribution in [0.2, 0.25) is 0 Å². The van der Waals surface area contributed by atoms with Gasteiger partial charge in [0.25, 0.3) is 0 Å². The Labute approximate surface area is 96.5 Å². The van der Waals surface area contributed by atoms with Crippen LogP contribution < -0.4 is 5.32 Å². The molecule has 0 bridgehead atoms. The van der Waals surface area contributed by atoms with Gasteiger partial charge >= 0.3 is 0 Å². The Bertz CT molecular complexity index is 341. The first-order valence-electron chi connectivity index (χ1n) is 5.73. The Morgan fingerprint density at radius 3 is 2.69 bits per heavy atom. The third-order valence-electron chi connectivity index (χ3n) is 2.71. The van der Waals surface area contributed by atoms with Crippen molar-refractivity contribution in [1.82, 2.24) is 5.32 Å². The summed E-state index contributed by atoms with van der Waals surface area (Å²) >= 11 is 0. The Balaban J connectivity index is 2.71. The fraction of sp³-hybridized carbons (Fsp3) is 0.538. The molecule has 16 heavy (non-hydrogen) atoms. The van der Waals surface area contributed by atoms with Crippen LogP contribution in [0.25, 0.3) is 0 Å². The second-order valence-corrected chi connectivity index (χ2v) is 4.20. The third-order valence-corrected chi connectivity index (χ3v) is 2.71. The smallest absolute Gasteiger partial charge is 0.126 e. The molecule has 0 aromatic heterocycles. The van der Waals surface area contributed by atoms with Crippen LogP contribution in [0.1, 0.15) is 37.5 Å². The van der Waals surface area contributed by atoms with Gasteiger partial charge in [-0.1, -0.05) is 19.1 Å². The summed E-state index contributed by atoms with van der Waals surface area (Å²) in [6, 6.07) is 4.71. The molecule has 0 amide bonds. The summed E-state index contributed by atoms with van der Waals surface area (Å²) in [5, 5.41) is 13.3. The lowest BCUT2D eigenvalue weighted by Crippen LogP contribution is -2.32. The SMILES string of the molecule is CCCNC(C)C(O)c1ccc(F)c(C)c1. The summed E-state index contributed by atoms with van der Waals surface area (Å²) in [6.07, 6.45) is 0.435. The van der Waals surface area contributed by atoms with Gasteiger partial charge in [-0.05, 0) is 44.0 Å². The molecule has 0 aliphatic rings. The van der Waals surface area contributed by atoms with E-state index in [0.717, 1.165) is 18.5 Å². The average molecular weight is 225 g/mol. The Hall–Kier alpha value is -0.930. The molecule has 0 saturated carbocycles. The number of rotatable bonds is 5. The molecule has 0 heterocycles. The molecule has 0 aliphatic carbocycles. The molecule has 0 radical (unpaired) electrons. The van der Waals surface area contributed by atoms with E-state index in [9.17, 15) is 9.50 Å². The highest BCUT2D eigenvalue weighted by atomic mass is 19.1. The van der Waals surface area contributed by atoms with Crippen LogP contribution in [-0.4, -0.2) is 17.7 Å². The van der Waals surface area contributed by atoms with Gasteiger partial charge in [-0.25, -0.2) is 4.39 Å². The summed E-state index contributed by atoms with van der Waals surface area (Å²) in [6.45, 7) is 6.58. The van der Waals surface area contributed by atoms with E-state index in [2.05, 4.69) is 12.2 Å². The van der Waals surface area contributed by atoms with E-state index < -0.39 is 6.10 Å². The maximum absolute atomic E-state index is 13.1. The molecule has 2 atom stereocenters. The van der Waals surface area contributed by atoms with Crippen molar-refractivity contribution in [3.63, 3.8) is 0 Å². The first-order valence-corrected chi connectivity index (χ1v) is 5.73. The maximum Gasteiger partial charge on any atom is 0.126 e. The van der Waals surface area contributed by atoms with Crippen molar-refractivity contribution in [3.05, 3.63) is 35.1 Å². The molecule has 3 heteroatoms. The molecular weight excluding hydrogens is 205 g/mol. The Morgan fingerprint density at radius 1 is 1.44 bits per heavy atom. The highest BCUT2D eigenvalue weighted by Crippen LogP contribution is 2.19. The summed E-state index contributed by atoms with van der Waals surface area (Å²) in [5.41, 5.74) is 1.33. The van der Waals surface area contributed by atoms with Gasteiger partial charge in [-0.15, -0.1) is 0 Å². The number of hydrogen-bond donors (Lipinski definition) is 2. The number of aliphatic hydroxyl groups excluding tert-OH is 1. The van der Waals surface area contributed by atoms with Crippen molar-refractivity contribution in [3.8, 4) is 0 Å². The van der Waals surface area contributed by atoms with Gasteiger partial charge in [0.2, 0.25) is 0 Å². The van der Waals surface area contributed by atoms with E-state index in [0.29, 0.717) is 5.56 Å². The van der Waals surface area contributed by atoms with Crippen molar-refractivity contribution in [2.75, 3.05) is 6.54 Å². The van der Waals surface area contributed by atoms with Crippen LogP contribution in [0.5, 0.6) is 0 Å². The first kappa shape index (κ1) is 13.1. The van der Waals surface area contributed by atoms with Crippen LogP contribution in [-0.2, 0) is 0 Å². The standard InChI is InChI=1S/C13H20FNO/c1-4-7-15-10(3)13(16)11-5-6-12(14)9(2)8-11/h5-6,8,10,13,15-16H,4,7H2,1-3H3. The number of aliphatic hydroxyl groups is 1. The second-order valence-electron chi connectivity index (χ2n) is 4.20. The summed E-state index contributed by atoms with van der Waals surface area (Å²) in [4.78, 5) is 0. The van der Waals surface area contributed by atoms with Gasteiger partial charge in [0.15, 0.2) is 0 Å². The number of nitrogens with one attached hydrogen (secondary N) is 1. The number of hydrogen-bond acceptors (Lipinski definition) is 2. The van der Waals surface area contributed by atoms with Gasteiger partial charge in [0.1, 0.15) is 5.82 Å². The first-order chi connectivity index (χ1) is 7.56. The van der Waals surface area contributed by atoms with Crippen molar-refractivity contribution >= 4 is 0 Å². The largest absolute Gasteiger partial charge is 0.387 e. The molecule has 0 aliphatic heterocycles. The highest BCUT2D eigenvalue weighted by Gasteiger charge is 2.16. The Morgan fingerprint density at radius 2 is 2.12 bits per heavy atom. The average Bonchev–Trinajstić information content (AvgIpc) is 2.28. The quantitative estimate of drug-likeness (QED) is 0.807. The molecule has 1 rings (SSSR count). The van der Waals surface area contributed by atoms with E-state index in [4.69, 9.17) is 0 Å². The molecule has 1 aromatic rings. The molecule has 1 aromatic carbocycles. The Kier molecular flexibility index (Phi) is 4.90. The lowest BCUT2D eigenvalue weighted by molar-refractivity contribution is 0.136. The van der Waals surface area contributed by atoms with E-state index >= 15 is 0 Å². The molecule has 0 spiro atoms. The third kappa shape index (κ3) is 3.29. The number of halogens is 1. The van der Waals surface area contributed by atoms with E-state index in [1.165, 1.54) is 6.07 Å². The van der Waals surface area contributed by atoms with Crippen LogP contribution in [0.15, 0.2) is 18.2 Å². The summed E-state index contributed by atoms with van der Waals surface area (Å²) < 4.78 is 13.1. The predicted octanol–water partition coefficient (Wildman–Crippen LogP) is 2.56. The van der Waals surface area contributed by atoms with Gasteiger partial charge in [-0.3, -0.25) is 0 Å². The molecule has 2 nitrogen and oxygen atoms in total. The lowest BCUT2D eigenvalue weighted by atomic mass is 10.0. The fourth-order valence-electron chi connectivity index (χ4n) is 1.62. The topological polar surface area (TPSA) is 32.3 Å². The van der Waals surface area contributed by atoms with E-state index in [1.807, 2.05) is 6.92 Å². The minimum atomic E-state index is -0.592. The fourth-order valence-corrected chi connectivity index (χ4v) is 1.62. The lowest BCUT2D eigenvalue weighted by Gasteiger charge is -2.20. The molecular formula is C13H20FNO. The maximum atomic E-state index is 13.1. The van der Waals surface area contributed by atoms with Crippen molar-refractivity contribution < 1.29 is 9.50 Å². The normalized spacial score (nSPS) is 14.8. The zero-order chi connectivity index (χ0) is 12.1. The van der Waals surface area contributed by atoms with Gasteiger partial charge in [-0.2, -0.15) is 0 Å². The van der Waals surface area contributed by atoms with Crippen molar-refractivity contribution in [2.24, 2.45) is 0 Å². The second kappa shape index (κ2) is 5.97. The zero-order valence-corrected chi connectivity index (χ0v) is 10.1. The predicted molar refractivity (Wildman–Crippen MR) is 63.9 cm³/mol. The highest BCUT2D eigenvalue weighted by molar-refractivity contribution is 5.26. The minimum absolute atomic E-state index is 0.0233. The van der Waals surface area contributed by atoms with Crippen LogP contribution in [0.3, 0.4) is 0 Å². The van der Waals surface area contributed by atoms with E-state index in [-0.39, 0.29) is 11.9 Å². The van der Waals surface area contributed by atoms with Crippen LogP contribution in [0, 0.1) is 12.7 Å². The van der Waals surface area contributed by atoms with Crippen LogP contribution in [0.4, 0.5) is 4.39 Å². The molecule has 0 saturated heterocycles. The molecule has 0 fully saturated rings. The van der Waals surface area contributed by atoms with Crippen LogP contribution >= 0.6 is 0 Å². The minimum Gasteiger partial charge on any atom is -0.387 e. The van der Waals surface area contributed by atoms with Crippen molar-refractivity contribution in [1.29, 1.82) is 0 Å². The molecule has 90 valence electrons. The van der Waals surface area contributed by atoms with Gasteiger partial charge in [0, 0.05) is 6.04 Å². The number of aryl methyl sites for hydroxylation is 1. The molecule has 2 unspecified atom stereocenters. The summed E-state index contributed by atoms with van der Waals surface area (Å²) in [7, 11) is 0.